The fraction of sp³-hybridized carbons (Fsp3) is 0.909. The Balaban J connectivity index is 1.94. The first-order valence-electron chi connectivity index (χ1n) is 6.16. The molecular formula is C11H21N3O2. The molecule has 0 saturated carbocycles. The molecule has 0 aromatic carbocycles. The lowest BCUT2D eigenvalue weighted by atomic mass is 10.2. The minimum Gasteiger partial charge on any atom is -0.465 e. The number of hydrogen-bond acceptors (Lipinski definition) is 3. The number of fused-ring (bicyclic) bond motifs is 2. The molecule has 2 fully saturated rings. The molecule has 92 valence electrons. The van der Waals surface area contributed by atoms with E-state index < -0.39 is 6.09 Å². The van der Waals surface area contributed by atoms with Crippen molar-refractivity contribution < 1.29 is 9.90 Å². The lowest BCUT2D eigenvalue weighted by Gasteiger charge is -2.37. The molecule has 0 aromatic rings. The molecule has 2 N–H and O–H groups in total. The highest BCUT2D eigenvalue weighted by Gasteiger charge is 2.37. The molecule has 2 heterocycles. The Kier molecular flexibility index (Phi) is 3.66. The molecule has 2 bridgehead atoms. The fourth-order valence-electron chi connectivity index (χ4n) is 2.79. The third kappa shape index (κ3) is 2.30. The van der Waals surface area contributed by atoms with E-state index >= 15 is 0 Å². The van der Waals surface area contributed by atoms with Crippen molar-refractivity contribution in [2.75, 3.05) is 26.3 Å². The van der Waals surface area contributed by atoms with E-state index in [2.05, 4.69) is 10.2 Å². The van der Waals surface area contributed by atoms with E-state index in [0.29, 0.717) is 25.3 Å². The number of carbonyl (C=O) groups is 1. The standard InChI is InChI=1S/C11H21N3O2/c1-2-5-13(11(15)16)8-14-9-3-4-10(14)7-12-6-9/h9-10,12H,2-8H2,1H3,(H,15,16). The van der Waals surface area contributed by atoms with Crippen LogP contribution in [0.5, 0.6) is 0 Å². The summed E-state index contributed by atoms with van der Waals surface area (Å²) in [6, 6.07) is 1.08. The van der Waals surface area contributed by atoms with Crippen molar-refractivity contribution in [2.45, 2.75) is 38.3 Å². The van der Waals surface area contributed by atoms with Crippen LogP contribution in [-0.4, -0.2) is 59.4 Å². The largest absolute Gasteiger partial charge is 0.465 e. The Hall–Kier alpha value is -0.810. The summed E-state index contributed by atoms with van der Waals surface area (Å²) in [5.74, 6) is 0. The van der Waals surface area contributed by atoms with Crippen LogP contribution in [-0.2, 0) is 0 Å². The third-order valence-electron chi connectivity index (χ3n) is 3.63. The average Bonchev–Trinajstić information content (AvgIpc) is 2.50. The second-order valence-electron chi connectivity index (χ2n) is 4.74. The summed E-state index contributed by atoms with van der Waals surface area (Å²) in [4.78, 5) is 15.0. The summed E-state index contributed by atoms with van der Waals surface area (Å²) < 4.78 is 0. The molecule has 5 nitrogen and oxygen atoms in total. The maximum atomic E-state index is 11.1. The van der Waals surface area contributed by atoms with Gasteiger partial charge in [0.05, 0.1) is 6.67 Å². The number of rotatable bonds is 4. The van der Waals surface area contributed by atoms with E-state index in [-0.39, 0.29) is 0 Å². The van der Waals surface area contributed by atoms with Crippen molar-refractivity contribution >= 4 is 6.09 Å². The SMILES string of the molecule is CCCN(CN1C2CCC1CNC2)C(=O)O. The fourth-order valence-corrected chi connectivity index (χ4v) is 2.79. The van der Waals surface area contributed by atoms with Gasteiger partial charge in [-0.3, -0.25) is 9.80 Å². The molecule has 2 saturated heterocycles. The van der Waals surface area contributed by atoms with Gasteiger partial charge in [0.1, 0.15) is 0 Å². The van der Waals surface area contributed by atoms with Gasteiger partial charge in [0, 0.05) is 31.7 Å². The van der Waals surface area contributed by atoms with Gasteiger partial charge in [-0.15, -0.1) is 0 Å². The molecule has 0 radical (unpaired) electrons. The first-order chi connectivity index (χ1) is 7.72. The molecule has 0 aromatic heterocycles. The third-order valence-corrected chi connectivity index (χ3v) is 3.63. The number of piperazine rings is 1. The van der Waals surface area contributed by atoms with Crippen LogP contribution in [0.2, 0.25) is 0 Å². The first kappa shape index (κ1) is 11.7. The van der Waals surface area contributed by atoms with Crippen LogP contribution in [0, 0.1) is 0 Å². The van der Waals surface area contributed by atoms with Gasteiger partial charge >= 0.3 is 6.09 Å². The van der Waals surface area contributed by atoms with Gasteiger partial charge in [-0.05, 0) is 19.3 Å². The quantitative estimate of drug-likeness (QED) is 0.745. The van der Waals surface area contributed by atoms with Crippen molar-refractivity contribution in [3.8, 4) is 0 Å². The number of hydrogen-bond donors (Lipinski definition) is 2. The van der Waals surface area contributed by atoms with Gasteiger partial charge < -0.3 is 10.4 Å². The van der Waals surface area contributed by atoms with Crippen LogP contribution in [0.3, 0.4) is 0 Å². The molecule has 2 rings (SSSR count). The minimum atomic E-state index is -0.792. The zero-order chi connectivity index (χ0) is 11.5. The monoisotopic (exact) mass is 227 g/mol. The molecule has 1 amide bonds. The van der Waals surface area contributed by atoms with Crippen LogP contribution in [0.15, 0.2) is 0 Å². The van der Waals surface area contributed by atoms with Gasteiger partial charge in [0.2, 0.25) is 0 Å². The van der Waals surface area contributed by atoms with Crippen LogP contribution in [0.4, 0.5) is 4.79 Å². The summed E-state index contributed by atoms with van der Waals surface area (Å²) in [6.07, 6.45) is 2.50. The molecule has 5 heteroatoms. The summed E-state index contributed by atoms with van der Waals surface area (Å²) in [5.41, 5.74) is 0. The number of amides is 1. The van der Waals surface area contributed by atoms with Crippen LogP contribution < -0.4 is 5.32 Å². The highest BCUT2D eigenvalue weighted by Crippen LogP contribution is 2.26. The van der Waals surface area contributed by atoms with Crippen LogP contribution >= 0.6 is 0 Å². The molecule has 16 heavy (non-hydrogen) atoms. The van der Waals surface area contributed by atoms with Gasteiger partial charge in [-0.25, -0.2) is 4.79 Å². The number of nitrogens with zero attached hydrogens (tertiary/aromatic N) is 2. The van der Waals surface area contributed by atoms with E-state index in [9.17, 15) is 4.79 Å². The average molecular weight is 227 g/mol. The van der Waals surface area contributed by atoms with Crippen LogP contribution in [0.25, 0.3) is 0 Å². The van der Waals surface area contributed by atoms with Crippen LogP contribution in [0.1, 0.15) is 26.2 Å². The Morgan fingerprint density at radius 2 is 2.06 bits per heavy atom. The Morgan fingerprint density at radius 3 is 2.56 bits per heavy atom. The molecule has 0 spiro atoms. The molecule has 2 aliphatic heterocycles. The van der Waals surface area contributed by atoms with Crippen molar-refractivity contribution in [1.82, 2.24) is 15.1 Å². The second kappa shape index (κ2) is 5.01. The number of carboxylic acid groups (broad SMARTS) is 1. The lowest BCUT2D eigenvalue weighted by molar-refractivity contribution is 0.0650. The lowest BCUT2D eigenvalue weighted by Crippen LogP contribution is -2.55. The van der Waals surface area contributed by atoms with E-state index in [1.165, 1.54) is 17.7 Å². The van der Waals surface area contributed by atoms with E-state index in [0.717, 1.165) is 19.5 Å². The van der Waals surface area contributed by atoms with Crippen molar-refractivity contribution in [3.63, 3.8) is 0 Å². The summed E-state index contributed by atoms with van der Waals surface area (Å²) in [5, 5.41) is 12.5. The Bertz CT molecular complexity index is 244. The molecule has 2 aliphatic rings. The normalized spacial score (nSPS) is 29.3. The minimum absolute atomic E-state index is 0.539. The maximum Gasteiger partial charge on any atom is 0.408 e. The maximum absolute atomic E-state index is 11.1. The van der Waals surface area contributed by atoms with Gasteiger partial charge in [0.25, 0.3) is 0 Å². The summed E-state index contributed by atoms with van der Waals surface area (Å²) >= 11 is 0. The van der Waals surface area contributed by atoms with Gasteiger partial charge in [-0.2, -0.15) is 0 Å². The van der Waals surface area contributed by atoms with Gasteiger partial charge in [0.15, 0.2) is 0 Å². The van der Waals surface area contributed by atoms with Crippen molar-refractivity contribution in [2.24, 2.45) is 0 Å². The predicted molar refractivity (Wildman–Crippen MR) is 61.4 cm³/mol. The second-order valence-corrected chi connectivity index (χ2v) is 4.74. The molecular weight excluding hydrogens is 206 g/mol. The zero-order valence-corrected chi connectivity index (χ0v) is 9.85. The van der Waals surface area contributed by atoms with E-state index in [1.807, 2.05) is 6.92 Å². The number of nitrogens with one attached hydrogen (secondary N) is 1. The van der Waals surface area contributed by atoms with Crippen molar-refractivity contribution in [1.29, 1.82) is 0 Å². The van der Waals surface area contributed by atoms with Crippen molar-refractivity contribution in [3.05, 3.63) is 0 Å². The molecule has 0 aliphatic carbocycles. The highest BCUT2D eigenvalue weighted by atomic mass is 16.4. The summed E-state index contributed by atoms with van der Waals surface area (Å²) in [6.45, 7) is 5.26. The zero-order valence-electron chi connectivity index (χ0n) is 9.85. The topological polar surface area (TPSA) is 55.8 Å². The van der Waals surface area contributed by atoms with E-state index in [1.54, 1.807) is 0 Å². The van der Waals surface area contributed by atoms with Gasteiger partial charge in [-0.1, -0.05) is 6.92 Å². The smallest absolute Gasteiger partial charge is 0.408 e. The Morgan fingerprint density at radius 1 is 1.44 bits per heavy atom. The molecule has 2 unspecified atom stereocenters. The molecule has 2 atom stereocenters. The van der Waals surface area contributed by atoms with E-state index in [4.69, 9.17) is 5.11 Å². The Labute approximate surface area is 96.4 Å². The highest BCUT2D eigenvalue weighted by molar-refractivity contribution is 5.64. The summed E-state index contributed by atoms with van der Waals surface area (Å²) in [7, 11) is 0. The predicted octanol–water partition coefficient (Wildman–Crippen LogP) is 0.770. The first-order valence-corrected chi connectivity index (χ1v) is 6.16.